The van der Waals surface area contributed by atoms with E-state index in [2.05, 4.69) is 20.4 Å². The summed E-state index contributed by atoms with van der Waals surface area (Å²) in [6.45, 7) is -0.114. The van der Waals surface area contributed by atoms with Crippen molar-refractivity contribution in [3.05, 3.63) is 36.7 Å². The molecule has 0 saturated carbocycles. The molecule has 0 bridgehead atoms. The molecule has 0 aromatic carbocycles. The SMILES string of the molecule is O=C(Cn1cncn1)Nc1ccc(F)nc1F. The lowest BCUT2D eigenvalue weighted by molar-refractivity contribution is -0.116. The third-order valence-electron chi connectivity index (χ3n) is 1.86. The molecule has 0 spiro atoms. The van der Waals surface area contributed by atoms with Crippen LogP contribution in [-0.2, 0) is 11.3 Å². The number of amides is 1. The van der Waals surface area contributed by atoms with Crippen molar-refractivity contribution < 1.29 is 13.6 Å². The van der Waals surface area contributed by atoms with Crippen molar-refractivity contribution in [3.63, 3.8) is 0 Å². The minimum absolute atomic E-state index is 0.114. The van der Waals surface area contributed by atoms with E-state index in [1.54, 1.807) is 0 Å². The molecule has 0 saturated heterocycles. The molecule has 17 heavy (non-hydrogen) atoms. The number of pyridine rings is 1. The fraction of sp³-hybridized carbons (Fsp3) is 0.111. The van der Waals surface area contributed by atoms with Crippen LogP contribution >= 0.6 is 0 Å². The van der Waals surface area contributed by atoms with Gasteiger partial charge in [0.15, 0.2) is 0 Å². The van der Waals surface area contributed by atoms with Crippen LogP contribution in [0.15, 0.2) is 24.8 Å². The normalized spacial score (nSPS) is 10.2. The van der Waals surface area contributed by atoms with Crippen molar-refractivity contribution in [1.82, 2.24) is 19.7 Å². The Kier molecular flexibility index (Phi) is 3.03. The first-order valence-corrected chi connectivity index (χ1v) is 4.59. The topological polar surface area (TPSA) is 72.7 Å². The van der Waals surface area contributed by atoms with Gasteiger partial charge in [0.25, 0.3) is 0 Å². The molecular formula is C9H7F2N5O. The van der Waals surface area contributed by atoms with Crippen LogP contribution in [0.3, 0.4) is 0 Å². The Balaban J connectivity index is 2.03. The Morgan fingerprint density at radius 3 is 2.88 bits per heavy atom. The molecule has 2 aromatic heterocycles. The summed E-state index contributed by atoms with van der Waals surface area (Å²) in [7, 11) is 0. The van der Waals surface area contributed by atoms with Crippen LogP contribution < -0.4 is 5.32 Å². The van der Waals surface area contributed by atoms with Gasteiger partial charge in [-0.05, 0) is 12.1 Å². The number of anilines is 1. The molecular weight excluding hydrogens is 232 g/mol. The predicted molar refractivity (Wildman–Crippen MR) is 52.8 cm³/mol. The molecule has 1 amide bonds. The largest absolute Gasteiger partial charge is 0.321 e. The molecule has 0 atom stereocenters. The van der Waals surface area contributed by atoms with Gasteiger partial charge in [-0.3, -0.25) is 4.79 Å². The molecule has 0 unspecified atom stereocenters. The van der Waals surface area contributed by atoms with Crippen molar-refractivity contribution in [2.24, 2.45) is 0 Å². The summed E-state index contributed by atoms with van der Waals surface area (Å²) in [6.07, 6.45) is 2.62. The van der Waals surface area contributed by atoms with Gasteiger partial charge >= 0.3 is 0 Å². The van der Waals surface area contributed by atoms with E-state index in [0.29, 0.717) is 0 Å². The maximum Gasteiger partial charge on any atom is 0.246 e. The van der Waals surface area contributed by atoms with Gasteiger partial charge in [0.1, 0.15) is 19.2 Å². The van der Waals surface area contributed by atoms with Crippen LogP contribution in [0.25, 0.3) is 0 Å². The number of nitrogens with zero attached hydrogens (tertiary/aromatic N) is 4. The highest BCUT2D eigenvalue weighted by Gasteiger charge is 2.09. The highest BCUT2D eigenvalue weighted by Crippen LogP contribution is 2.11. The van der Waals surface area contributed by atoms with Crippen LogP contribution in [0.5, 0.6) is 0 Å². The molecule has 1 N–H and O–H groups in total. The first kappa shape index (κ1) is 11.1. The van der Waals surface area contributed by atoms with Crippen LogP contribution in [0.4, 0.5) is 14.5 Å². The average molecular weight is 239 g/mol. The van der Waals surface area contributed by atoms with Gasteiger partial charge in [0.2, 0.25) is 17.8 Å². The fourth-order valence-electron chi connectivity index (χ4n) is 1.16. The molecule has 0 aliphatic carbocycles. The minimum atomic E-state index is -1.07. The first-order chi connectivity index (χ1) is 8.15. The van der Waals surface area contributed by atoms with E-state index >= 15 is 0 Å². The summed E-state index contributed by atoms with van der Waals surface area (Å²) in [4.78, 5) is 18.0. The molecule has 0 radical (unpaired) electrons. The lowest BCUT2D eigenvalue weighted by Crippen LogP contribution is -2.20. The monoisotopic (exact) mass is 239 g/mol. The third kappa shape index (κ3) is 2.80. The lowest BCUT2D eigenvalue weighted by atomic mass is 10.4. The van der Waals surface area contributed by atoms with Gasteiger partial charge in [0, 0.05) is 0 Å². The van der Waals surface area contributed by atoms with E-state index in [0.717, 1.165) is 12.1 Å². The van der Waals surface area contributed by atoms with E-state index in [-0.39, 0.29) is 12.2 Å². The lowest BCUT2D eigenvalue weighted by Gasteiger charge is -2.05. The molecule has 2 rings (SSSR count). The molecule has 6 nitrogen and oxygen atoms in total. The number of hydrogen-bond acceptors (Lipinski definition) is 4. The van der Waals surface area contributed by atoms with Crippen LogP contribution in [0, 0.1) is 11.9 Å². The number of rotatable bonds is 3. The van der Waals surface area contributed by atoms with Crippen molar-refractivity contribution in [3.8, 4) is 0 Å². The third-order valence-corrected chi connectivity index (χ3v) is 1.86. The molecule has 2 aromatic rings. The first-order valence-electron chi connectivity index (χ1n) is 4.59. The van der Waals surface area contributed by atoms with Crippen molar-refractivity contribution in [2.45, 2.75) is 6.54 Å². The molecule has 0 fully saturated rings. The van der Waals surface area contributed by atoms with Crippen molar-refractivity contribution >= 4 is 11.6 Å². The average Bonchev–Trinajstić information content (AvgIpc) is 2.75. The van der Waals surface area contributed by atoms with Gasteiger partial charge < -0.3 is 5.32 Å². The zero-order chi connectivity index (χ0) is 12.3. The number of nitrogens with one attached hydrogen (secondary N) is 1. The van der Waals surface area contributed by atoms with Crippen LogP contribution in [0.2, 0.25) is 0 Å². The predicted octanol–water partition coefficient (Wildman–Crippen LogP) is 0.590. The summed E-state index contributed by atoms with van der Waals surface area (Å²) in [5.74, 6) is -2.53. The fourth-order valence-corrected chi connectivity index (χ4v) is 1.16. The molecule has 0 aliphatic rings. The highest BCUT2D eigenvalue weighted by molar-refractivity contribution is 5.90. The maximum absolute atomic E-state index is 13.1. The Labute approximate surface area is 94.3 Å². The molecule has 8 heteroatoms. The second-order valence-electron chi connectivity index (χ2n) is 3.11. The van der Waals surface area contributed by atoms with Gasteiger partial charge in [-0.1, -0.05) is 0 Å². The molecule has 88 valence electrons. The number of carbonyl (C=O) groups excluding carboxylic acids is 1. The summed E-state index contributed by atoms with van der Waals surface area (Å²) in [5.41, 5.74) is -0.184. The zero-order valence-corrected chi connectivity index (χ0v) is 8.47. The van der Waals surface area contributed by atoms with E-state index in [4.69, 9.17) is 0 Å². The molecule has 0 aliphatic heterocycles. The van der Waals surface area contributed by atoms with E-state index in [1.165, 1.54) is 17.3 Å². The quantitative estimate of drug-likeness (QED) is 0.795. The Hall–Kier alpha value is -2.38. The van der Waals surface area contributed by atoms with E-state index in [9.17, 15) is 13.6 Å². The van der Waals surface area contributed by atoms with Gasteiger partial charge in [-0.25, -0.2) is 9.67 Å². The number of aromatic nitrogens is 4. The maximum atomic E-state index is 13.1. The number of halogens is 2. The Morgan fingerprint density at radius 1 is 1.41 bits per heavy atom. The Morgan fingerprint density at radius 2 is 2.24 bits per heavy atom. The molecule has 2 heterocycles. The summed E-state index contributed by atoms with van der Waals surface area (Å²) < 4.78 is 26.9. The standard InChI is InChI=1S/C9H7F2N5O/c10-7-2-1-6(9(11)15-7)14-8(17)3-16-5-12-4-13-16/h1-2,4-5H,3H2,(H,14,17). The van der Waals surface area contributed by atoms with E-state index < -0.39 is 17.8 Å². The summed E-state index contributed by atoms with van der Waals surface area (Å²) in [5, 5.41) is 5.95. The summed E-state index contributed by atoms with van der Waals surface area (Å²) >= 11 is 0. The second-order valence-corrected chi connectivity index (χ2v) is 3.11. The van der Waals surface area contributed by atoms with Gasteiger partial charge in [-0.15, -0.1) is 0 Å². The van der Waals surface area contributed by atoms with E-state index in [1.807, 2.05) is 0 Å². The van der Waals surface area contributed by atoms with Crippen molar-refractivity contribution in [2.75, 3.05) is 5.32 Å². The number of hydrogen-bond donors (Lipinski definition) is 1. The summed E-state index contributed by atoms with van der Waals surface area (Å²) in [6, 6.07) is 2.05. The van der Waals surface area contributed by atoms with Crippen molar-refractivity contribution in [1.29, 1.82) is 0 Å². The van der Waals surface area contributed by atoms with Gasteiger partial charge in [0.05, 0.1) is 5.69 Å². The van der Waals surface area contributed by atoms with Gasteiger partial charge in [-0.2, -0.15) is 18.9 Å². The Bertz CT molecular complexity index is 528. The van der Waals surface area contributed by atoms with Crippen LogP contribution in [0.1, 0.15) is 0 Å². The highest BCUT2D eigenvalue weighted by atomic mass is 19.1. The zero-order valence-electron chi connectivity index (χ0n) is 8.47. The second kappa shape index (κ2) is 4.64. The van der Waals surface area contributed by atoms with Crippen LogP contribution in [-0.4, -0.2) is 25.7 Å². The smallest absolute Gasteiger partial charge is 0.246 e. The number of carbonyl (C=O) groups is 1. The minimum Gasteiger partial charge on any atom is -0.321 e.